The molecule has 0 fully saturated rings. The molecule has 1 atom stereocenters. The number of fused-ring (bicyclic) bond motifs is 2. The Labute approximate surface area is 230 Å². The van der Waals surface area contributed by atoms with Crippen LogP contribution in [-0.4, -0.2) is 17.4 Å². The van der Waals surface area contributed by atoms with E-state index in [0.29, 0.717) is 41.2 Å². The quantitative estimate of drug-likeness (QED) is 0.222. The zero-order chi connectivity index (χ0) is 27.6. The number of rotatable bonds is 8. The van der Waals surface area contributed by atoms with Crippen molar-refractivity contribution in [3.63, 3.8) is 0 Å². The normalized spacial score (nSPS) is 14.4. The topological polar surface area (TPSA) is 69.0 Å². The van der Waals surface area contributed by atoms with E-state index in [1.165, 1.54) is 12.1 Å². The summed E-state index contributed by atoms with van der Waals surface area (Å²) in [5.74, 6) is 0.290. The molecule has 2 heterocycles. The van der Waals surface area contributed by atoms with Crippen LogP contribution in [0.25, 0.3) is 11.0 Å². The summed E-state index contributed by atoms with van der Waals surface area (Å²) in [6.45, 7) is 2.79. The predicted octanol–water partition coefficient (Wildman–Crippen LogP) is 6.66. The van der Waals surface area contributed by atoms with Crippen LogP contribution in [0.5, 0.6) is 11.5 Å². The number of ether oxygens (including phenoxy) is 2. The maximum absolute atomic E-state index is 13.8. The van der Waals surface area contributed by atoms with E-state index in [1.54, 1.807) is 47.4 Å². The van der Waals surface area contributed by atoms with Gasteiger partial charge in [0.15, 0.2) is 16.9 Å². The van der Waals surface area contributed by atoms with Crippen molar-refractivity contribution in [2.45, 2.75) is 26.1 Å². The van der Waals surface area contributed by atoms with Gasteiger partial charge >= 0.3 is 0 Å². The molecule has 0 N–H and O–H groups in total. The molecular formula is C33H26FNO5. The van der Waals surface area contributed by atoms with E-state index in [-0.39, 0.29) is 29.1 Å². The van der Waals surface area contributed by atoms with E-state index in [0.717, 1.165) is 11.1 Å². The number of nitrogens with zero attached hydrogens (tertiary/aromatic N) is 1. The largest absolute Gasteiger partial charge is 0.490 e. The second-order valence-corrected chi connectivity index (χ2v) is 9.55. The van der Waals surface area contributed by atoms with Crippen LogP contribution in [0.3, 0.4) is 0 Å². The van der Waals surface area contributed by atoms with Gasteiger partial charge in [0.25, 0.3) is 5.91 Å². The van der Waals surface area contributed by atoms with Crippen molar-refractivity contribution in [1.29, 1.82) is 0 Å². The smallest absolute Gasteiger partial charge is 0.291 e. The fourth-order valence-corrected chi connectivity index (χ4v) is 5.08. The third-order valence-corrected chi connectivity index (χ3v) is 6.96. The molecule has 6 rings (SSSR count). The fraction of sp³-hybridized carbons (Fsp3) is 0.152. The zero-order valence-corrected chi connectivity index (χ0v) is 21.8. The number of carbonyl (C=O) groups excluding carboxylic acids is 1. The Kier molecular flexibility index (Phi) is 6.78. The van der Waals surface area contributed by atoms with Crippen LogP contribution in [0, 0.1) is 5.82 Å². The van der Waals surface area contributed by atoms with E-state index in [4.69, 9.17) is 13.9 Å². The Bertz CT molecular complexity index is 1750. The maximum atomic E-state index is 13.8. The molecule has 0 aliphatic carbocycles. The summed E-state index contributed by atoms with van der Waals surface area (Å²) in [6.07, 6.45) is 0. The lowest BCUT2D eigenvalue weighted by Crippen LogP contribution is -2.29. The van der Waals surface area contributed by atoms with Gasteiger partial charge in [-0.25, -0.2) is 4.39 Å². The number of amides is 1. The first kappa shape index (κ1) is 25.4. The van der Waals surface area contributed by atoms with Gasteiger partial charge in [0.05, 0.1) is 23.6 Å². The summed E-state index contributed by atoms with van der Waals surface area (Å²) in [7, 11) is 0. The summed E-state index contributed by atoms with van der Waals surface area (Å²) < 4.78 is 31.6. The molecule has 1 aliphatic rings. The first-order valence-corrected chi connectivity index (χ1v) is 13.1. The second kappa shape index (κ2) is 10.7. The van der Waals surface area contributed by atoms with Gasteiger partial charge < -0.3 is 18.8 Å². The summed E-state index contributed by atoms with van der Waals surface area (Å²) in [4.78, 5) is 29.1. The third-order valence-electron chi connectivity index (χ3n) is 6.96. The Morgan fingerprint density at radius 2 is 1.57 bits per heavy atom. The molecule has 0 saturated carbocycles. The number of benzene rings is 4. The third kappa shape index (κ3) is 4.71. The second-order valence-electron chi connectivity index (χ2n) is 9.55. The first-order valence-electron chi connectivity index (χ1n) is 13.1. The van der Waals surface area contributed by atoms with Crippen LogP contribution >= 0.6 is 0 Å². The highest BCUT2D eigenvalue weighted by Gasteiger charge is 2.43. The fourth-order valence-electron chi connectivity index (χ4n) is 5.08. The average Bonchev–Trinajstić information content (AvgIpc) is 3.25. The molecule has 1 aliphatic heterocycles. The van der Waals surface area contributed by atoms with Gasteiger partial charge in [0, 0.05) is 6.54 Å². The van der Waals surface area contributed by atoms with Crippen LogP contribution < -0.4 is 14.9 Å². The summed E-state index contributed by atoms with van der Waals surface area (Å²) in [5.41, 5.74) is 2.76. The summed E-state index contributed by atoms with van der Waals surface area (Å²) in [5, 5.41) is 0.399. The molecule has 4 aromatic carbocycles. The number of hydrogen-bond donors (Lipinski definition) is 0. The van der Waals surface area contributed by atoms with Gasteiger partial charge in [-0.15, -0.1) is 0 Å². The van der Waals surface area contributed by atoms with E-state index in [9.17, 15) is 14.0 Å². The summed E-state index contributed by atoms with van der Waals surface area (Å²) in [6, 6.07) is 27.3. The molecule has 1 aromatic heterocycles. The van der Waals surface area contributed by atoms with Crippen molar-refractivity contribution in [3.8, 4) is 11.5 Å². The highest BCUT2D eigenvalue weighted by molar-refractivity contribution is 5.99. The van der Waals surface area contributed by atoms with Crippen LogP contribution in [0.1, 0.15) is 45.8 Å². The van der Waals surface area contributed by atoms with E-state index in [1.807, 2.05) is 49.4 Å². The molecular weight excluding hydrogens is 509 g/mol. The molecule has 1 amide bonds. The SMILES string of the molecule is CCOc1cc(C2c3c(oc4ccccc4c3=O)C(=O)N2Cc2ccc(F)cc2)ccc1OCc1ccccc1. The van der Waals surface area contributed by atoms with Crippen molar-refractivity contribution in [2.75, 3.05) is 6.61 Å². The number of para-hydroxylation sites is 1. The minimum Gasteiger partial charge on any atom is -0.490 e. The number of hydrogen-bond acceptors (Lipinski definition) is 5. The van der Waals surface area contributed by atoms with Crippen LogP contribution in [0.4, 0.5) is 4.39 Å². The monoisotopic (exact) mass is 535 g/mol. The molecule has 0 spiro atoms. The van der Waals surface area contributed by atoms with Crippen LogP contribution in [0.15, 0.2) is 106 Å². The maximum Gasteiger partial charge on any atom is 0.291 e. The molecule has 1 unspecified atom stereocenters. The Morgan fingerprint density at radius 3 is 2.35 bits per heavy atom. The molecule has 6 nitrogen and oxygen atoms in total. The molecule has 40 heavy (non-hydrogen) atoms. The van der Waals surface area contributed by atoms with Crippen LogP contribution in [0.2, 0.25) is 0 Å². The lowest BCUT2D eigenvalue weighted by atomic mass is 9.97. The van der Waals surface area contributed by atoms with Gasteiger partial charge in [-0.05, 0) is 60.0 Å². The highest BCUT2D eigenvalue weighted by atomic mass is 19.1. The van der Waals surface area contributed by atoms with E-state index in [2.05, 4.69) is 0 Å². The minimum atomic E-state index is -0.740. The molecule has 7 heteroatoms. The van der Waals surface area contributed by atoms with Crippen LogP contribution in [-0.2, 0) is 13.2 Å². The van der Waals surface area contributed by atoms with Gasteiger partial charge in [0.2, 0.25) is 5.76 Å². The van der Waals surface area contributed by atoms with E-state index >= 15 is 0 Å². The molecule has 5 aromatic rings. The molecule has 0 radical (unpaired) electrons. The summed E-state index contributed by atoms with van der Waals surface area (Å²) >= 11 is 0. The molecule has 0 bridgehead atoms. The van der Waals surface area contributed by atoms with Gasteiger partial charge in [0.1, 0.15) is 18.0 Å². The Balaban J connectivity index is 1.45. The van der Waals surface area contributed by atoms with Crippen molar-refractivity contribution in [1.82, 2.24) is 4.90 Å². The Hall–Kier alpha value is -4.91. The standard InChI is InChI=1S/C33H26FNO5/c1-2-38-28-18-23(14-17-27(28)39-20-22-8-4-3-5-9-22)30-29-31(36)25-10-6-7-11-26(25)40-32(29)33(37)35(30)19-21-12-15-24(34)16-13-21/h3-18,30H,2,19-20H2,1H3. The van der Waals surface area contributed by atoms with Crippen molar-refractivity contribution in [3.05, 3.63) is 141 Å². The van der Waals surface area contributed by atoms with Gasteiger partial charge in [-0.2, -0.15) is 0 Å². The molecule has 0 saturated heterocycles. The van der Waals surface area contributed by atoms with Gasteiger partial charge in [-0.1, -0.05) is 60.7 Å². The highest BCUT2D eigenvalue weighted by Crippen LogP contribution is 2.42. The lowest BCUT2D eigenvalue weighted by Gasteiger charge is -2.26. The zero-order valence-electron chi connectivity index (χ0n) is 21.8. The minimum absolute atomic E-state index is 0.0122. The average molecular weight is 536 g/mol. The van der Waals surface area contributed by atoms with E-state index < -0.39 is 11.9 Å². The first-order chi connectivity index (χ1) is 19.5. The number of halogens is 1. The number of carbonyl (C=O) groups is 1. The predicted molar refractivity (Wildman–Crippen MR) is 149 cm³/mol. The van der Waals surface area contributed by atoms with Crippen molar-refractivity contribution >= 4 is 16.9 Å². The Morgan fingerprint density at radius 1 is 0.825 bits per heavy atom. The van der Waals surface area contributed by atoms with Crippen molar-refractivity contribution < 1.29 is 23.1 Å². The lowest BCUT2D eigenvalue weighted by molar-refractivity contribution is 0.0714. The van der Waals surface area contributed by atoms with Crippen molar-refractivity contribution in [2.24, 2.45) is 0 Å². The molecule has 200 valence electrons. The van der Waals surface area contributed by atoms with Gasteiger partial charge in [-0.3, -0.25) is 9.59 Å².